The fourth-order valence-corrected chi connectivity index (χ4v) is 1.62. The van der Waals surface area contributed by atoms with Crippen LogP contribution in [0.3, 0.4) is 0 Å². The molecule has 0 saturated carbocycles. The second-order valence-electron chi connectivity index (χ2n) is 2.66. The number of rotatable bonds is 1. The molecule has 0 amide bonds. The molecule has 11 heavy (non-hydrogen) atoms. The molecule has 0 saturated heterocycles. The fourth-order valence-electron chi connectivity index (χ4n) is 1.11. The first-order valence-electron chi connectivity index (χ1n) is 3.55. The van der Waals surface area contributed by atoms with Gasteiger partial charge in [-0.2, -0.15) is 0 Å². The molecule has 0 heterocycles. The Bertz CT molecular complexity index is 256. The summed E-state index contributed by atoms with van der Waals surface area (Å²) in [4.78, 5) is 0.350. The van der Waals surface area contributed by atoms with Crippen LogP contribution in [0.4, 0.5) is 0 Å². The maximum atomic E-state index is 9.10. The lowest BCUT2D eigenvalue weighted by Gasteiger charge is -2.07. The van der Waals surface area contributed by atoms with Crippen LogP contribution in [0.15, 0.2) is 18.2 Å². The summed E-state index contributed by atoms with van der Waals surface area (Å²) in [5, 5.41) is 9.10. The number of benzene rings is 1. The molecule has 0 aliphatic heterocycles. The van der Waals surface area contributed by atoms with Gasteiger partial charge in [0.05, 0.1) is 0 Å². The van der Waals surface area contributed by atoms with Gasteiger partial charge in [0.15, 0.2) is 0 Å². The second kappa shape index (κ2) is 3.26. The first-order chi connectivity index (χ1) is 5.11. The van der Waals surface area contributed by atoms with Gasteiger partial charge < -0.3 is 5.11 Å². The maximum Gasteiger partial charge on any atom is 0.115 e. The van der Waals surface area contributed by atoms with Crippen molar-refractivity contribution < 1.29 is 5.11 Å². The summed E-state index contributed by atoms with van der Waals surface area (Å²) in [7, 11) is 0. The van der Waals surface area contributed by atoms with Gasteiger partial charge in [0.1, 0.15) is 5.75 Å². The molecular weight excluding hydrogens is 204 g/mol. The molecule has 0 spiro atoms. The molecule has 60 valence electrons. The van der Waals surface area contributed by atoms with Gasteiger partial charge in [-0.25, -0.2) is 0 Å². The van der Waals surface area contributed by atoms with Crippen molar-refractivity contribution in [1.29, 1.82) is 0 Å². The molecule has 2 heteroatoms. The molecule has 0 aromatic heterocycles. The molecule has 0 fully saturated rings. The number of halogens is 1. The normalized spacial score (nSPS) is 13.0. The van der Waals surface area contributed by atoms with E-state index < -0.39 is 0 Å². The third kappa shape index (κ3) is 1.96. The Kier molecular flexibility index (Phi) is 2.55. The number of phenols is 1. The zero-order chi connectivity index (χ0) is 8.43. The van der Waals surface area contributed by atoms with Gasteiger partial charge in [-0.1, -0.05) is 22.0 Å². The quantitative estimate of drug-likeness (QED) is 0.713. The molecule has 0 aliphatic carbocycles. The number of phenolic OH excluding ortho intramolecular Hbond substituents is 1. The van der Waals surface area contributed by atoms with E-state index in [0.29, 0.717) is 10.6 Å². The SMILES string of the molecule is Cc1cc(O)ccc1C(C)Br. The van der Waals surface area contributed by atoms with Gasteiger partial charge in [-0.3, -0.25) is 0 Å². The molecule has 1 N–H and O–H groups in total. The molecule has 1 aromatic rings. The monoisotopic (exact) mass is 214 g/mol. The highest BCUT2D eigenvalue weighted by Crippen LogP contribution is 2.26. The standard InChI is InChI=1S/C9H11BrO/c1-6-5-8(11)3-4-9(6)7(2)10/h3-5,7,11H,1-2H3. The number of aromatic hydroxyl groups is 1. The van der Waals surface area contributed by atoms with Crippen molar-refractivity contribution in [3.8, 4) is 5.75 Å². The van der Waals surface area contributed by atoms with E-state index in [4.69, 9.17) is 5.11 Å². The van der Waals surface area contributed by atoms with E-state index in [1.54, 1.807) is 12.1 Å². The molecular formula is C9H11BrO. The lowest BCUT2D eigenvalue weighted by molar-refractivity contribution is 0.474. The van der Waals surface area contributed by atoms with Gasteiger partial charge in [0, 0.05) is 4.83 Å². The van der Waals surface area contributed by atoms with E-state index in [-0.39, 0.29) is 0 Å². The summed E-state index contributed by atoms with van der Waals surface area (Å²) in [6, 6.07) is 5.41. The van der Waals surface area contributed by atoms with Crippen molar-refractivity contribution in [2.24, 2.45) is 0 Å². The minimum Gasteiger partial charge on any atom is -0.508 e. The Hall–Kier alpha value is -0.500. The molecule has 1 aromatic carbocycles. The van der Waals surface area contributed by atoms with Crippen LogP contribution in [-0.4, -0.2) is 5.11 Å². The highest BCUT2D eigenvalue weighted by molar-refractivity contribution is 9.09. The highest BCUT2D eigenvalue weighted by atomic mass is 79.9. The summed E-state index contributed by atoms with van der Waals surface area (Å²) in [6.07, 6.45) is 0. The van der Waals surface area contributed by atoms with E-state index in [1.165, 1.54) is 5.56 Å². The summed E-state index contributed by atoms with van der Waals surface area (Å²) >= 11 is 3.48. The second-order valence-corrected chi connectivity index (χ2v) is 4.03. The Morgan fingerprint density at radius 1 is 1.45 bits per heavy atom. The van der Waals surface area contributed by atoms with Gasteiger partial charge in [0.25, 0.3) is 0 Å². The van der Waals surface area contributed by atoms with Crippen molar-refractivity contribution in [2.75, 3.05) is 0 Å². The molecule has 1 atom stereocenters. The number of hydrogen-bond acceptors (Lipinski definition) is 1. The van der Waals surface area contributed by atoms with Crippen LogP contribution >= 0.6 is 15.9 Å². The van der Waals surface area contributed by atoms with E-state index in [0.717, 1.165) is 5.56 Å². The zero-order valence-electron chi connectivity index (χ0n) is 6.63. The lowest BCUT2D eigenvalue weighted by atomic mass is 10.1. The Morgan fingerprint density at radius 3 is 2.55 bits per heavy atom. The number of hydrogen-bond donors (Lipinski definition) is 1. The van der Waals surface area contributed by atoms with E-state index in [2.05, 4.69) is 22.9 Å². The average molecular weight is 215 g/mol. The van der Waals surface area contributed by atoms with Gasteiger partial charge >= 0.3 is 0 Å². The smallest absolute Gasteiger partial charge is 0.115 e. The molecule has 0 bridgehead atoms. The van der Waals surface area contributed by atoms with Crippen molar-refractivity contribution in [3.05, 3.63) is 29.3 Å². The minimum absolute atomic E-state index is 0.333. The summed E-state index contributed by atoms with van der Waals surface area (Å²) in [5.41, 5.74) is 2.34. The third-order valence-electron chi connectivity index (χ3n) is 1.68. The summed E-state index contributed by atoms with van der Waals surface area (Å²) < 4.78 is 0. The molecule has 0 aliphatic rings. The van der Waals surface area contributed by atoms with Crippen LogP contribution in [0.25, 0.3) is 0 Å². The van der Waals surface area contributed by atoms with Gasteiger partial charge in [-0.15, -0.1) is 0 Å². The van der Waals surface area contributed by atoms with Crippen LogP contribution < -0.4 is 0 Å². The van der Waals surface area contributed by atoms with Gasteiger partial charge in [0.2, 0.25) is 0 Å². The molecule has 1 nitrogen and oxygen atoms in total. The number of aryl methyl sites for hydroxylation is 1. The molecule has 1 rings (SSSR count). The van der Waals surface area contributed by atoms with Crippen LogP contribution in [0.1, 0.15) is 22.9 Å². The Morgan fingerprint density at radius 2 is 2.09 bits per heavy atom. The van der Waals surface area contributed by atoms with Crippen molar-refractivity contribution in [3.63, 3.8) is 0 Å². The predicted molar refractivity (Wildman–Crippen MR) is 50.2 cm³/mol. The lowest BCUT2D eigenvalue weighted by Crippen LogP contribution is -1.87. The first-order valence-corrected chi connectivity index (χ1v) is 4.46. The van der Waals surface area contributed by atoms with Crippen LogP contribution in [0, 0.1) is 6.92 Å². The zero-order valence-corrected chi connectivity index (χ0v) is 8.22. The van der Waals surface area contributed by atoms with Crippen LogP contribution in [0.2, 0.25) is 0 Å². The van der Waals surface area contributed by atoms with Crippen molar-refractivity contribution >= 4 is 15.9 Å². The van der Waals surface area contributed by atoms with Gasteiger partial charge in [-0.05, 0) is 37.1 Å². The van der Waals surface area contributed by atoms with E-state index in [9.17, 15) is 0 Å². The Balaban J connectivity index is 3.09. The average Bonchev–Trinajstić information content (AvgIpc) is 1.85. The molecule has 1 unspecified atom stereocenters. The van der Waals surface area contributed by atoms with E-state index >= 15 is 0 Å². The predicted octanol–water partition coefficient (Wildman–Crippen LogP) is 3.16. The highest BCUT2D eigenvalue weighted by Gasteiger charge is 2.03. The Labute approximate surface area is 75.2 Å². The summed E-state index contributed by atoms with van der Waals surface area (Å²) in [6.45, 7) is 4.06. The molecule has 0 radical (unpaired) electrons. The maximum absolute atomic E-state index is 9.10. The largest absolute Gasteiger partial charge is 0.508 e. The van der Waals surface area contributed by atoms with Crippen LogP contribution in [-0.2, 0) is 0 Å². The minimum atomic E-state index is 0.333. The first kappa shape index (κ1) is 8.60. The fraction of sp³-hybridized carbons (Fsp3) is 0.333. The van der Waals surface area contributed by atoms with Crippen molar-refractivity contribution in [2.45, 2.75) is 18.7 Å². The summed E-state index contributed by atoms with van der Waals surface area (Å²) in [5.74, 6) is 0.333. The topological polar surface area (TPSA) is 20.2 Å². The number of alkyl halides is 1. The van der Waals surface area contributed by atoms with Crippen LogP contribution in [0.5, 0.6) is 5.75 Å². The van der Waals surface area contributed by atoms with E-state index in [1.807, 2.05) is 13.0 Å². The van der Waals surface area contributed by atoms with Crippen molar-refractivity contribution in [1.82, 2.24) is 0 Å². The third-order valence-corrected chi connectivity index (χ3v) is 2.18.